The van der Waals surface area contributed by atoms with E-state index in [1.807, 2.05) is 58.0 Å². The highest BCUT2D eigenvalue weighted by Crippen LogP contribution is 2.40. The van der Waals surface area contributed by atoms with Crippen molar-refractivity contribution in [2.75, 3.05) is 7.11 Å². The van der Waals surface area contributed by atoms with Gasteiger partial charge in [-0.3, -0.25) is 4.21 Å². The van der Waals surface area contributed by atoms with Crippen LogP contribution in [0.25, 0.3) is 0 Å². The van der Waals surface area contributed by atoms with E-state index in [-0.39, 0.29) is 5.41 Å². The summed E-state index contributed by atoms with van der Waals surface area (Å²) in [6, 6.07) is 12.0. The molecule has 0 aromatic heterocycles. The predicted octanol–water partition coefficient (Wildman–Crippen LogP) is 6.14. The monoisotopic (exact) mass is 388 g/mol. The van der Waals surface area contributed by atoms with Gasteiger partial charge in [0.15, 0.2) is 0 Å². The number of rotatable bonds is 5. The molecule has 0 bridgehead atoms. The van der Waals surface area contributed by atoms with Crippen LogP contribution in [0.1, 0.15) is 58.2 Å². The summed E-state index contributed by atoms with van der Waals surface area (Å²) in [6.45, 7) is 14.8. The van der Waals surface area contributed by atoms with Crippen molar-refractivity contribution in [3.63, 3.8) is 0 Å². The molecule has 0 aliphatic carbocycles. The van der Waals surface area contributed by atoms with E-state index in [0.29, 0.717) is 12.4 Å². The molecular formula is C23H32O3S. The van der Waals surface area contributed by atoms with Gasteiger partial charge < -0.3 is 9.47 Å². The lowest BCUT2D eigenvalue weighted by Crippen LogP contribution is -2.23. The second kappa shape index (κ2) is 8.15. The van der Waals surface area contributed by atoms with E-state index in [1.54, 1.807) is 7.11 Å². The Kier molecular flexibility index (Phi) is 6.54. The minimum Gasteiger partial charge on any atom is -0.455 e. The molecule has 0 saturated heterocycles. The van der Waals surface area contributed by atoms with Crippen LogP contribution >= 0.6 is 0 Å². The van der Waals surface area contributed by atoms with E-state index >= 15 is 0 Å². The van der Waals surface area contributed by atoms with Crippen LogP contribution in [0.2, 0.25) is 0 Å². The van der Waals surface area contributed by atoms with E-state index in [1.165, 1.54) is 0 Å². The maximum absolute atomic E-state index is 13.3. The zero-order valence-corrected chi connectivity index (χ0v) is 18.6. The number of para-hydroxylation sites is 1. The van der Waals surface area contributed by atoms with Crippen LogP contribution in [0.5, 0.6) is 11.5 Å². The normalized spacial score (nSPS) is 13.5. The standard InChI is InChI=1S/C23H32O3S/c1-16-13-14-17(15-25-8)20(21(16)27(24)23(5,6)7)26-19-12-10-9-11-18(19)22(2,3)4/h9-14H,15H2,1-8H3/t27-/m0/s1. The first kappa shape index (κ1) is 21.6. The summed E-state index contributed by atoms with van der Waals surface area (Å²) in [6.07, 6.45) is 0. The molecule has 0 unspecified atom stereocenters. The molecule has 2 aromatic rings. The molecule has 3 nitrogen and oxygen atoms in total. The van der Waals surface area contributed by atoms with Gasteiger partial charge in [-0.1, -0.05) is 51.1 Å². The summed E-state index contributed by atoms with van der Waals surface area (Å²) in [4.78, 5) is 0.751. The van der Waals surface area contributed by atoms with Gasteiger partial charge in [-0.15, -0.1) is 0 Å². The predicted molar refractivity (Wildman–Crippen MR) is 113 cm³/mol. The maximum atomic E-state index is 13.3. The topological polar surface area (TPSA) is 35.5 Å². The zero-order chi connectivity index (χ0) is 20.4. The fourth-order valence-corrected chi connectivity index (χ4v) is 4.22. The Morgan fingerprint density at radius 3 is 2.15 bits per heavy atom. The molecule has 0 heterocycles. The third-order valence-electron chi connectivity index (χ3n) is 4.34. The molecule has 0 spiro atoms. The van der Waals surface area contributed by atoms with Gasteiger partial charge in [-0.05, 0) is 44.7 Å². The van der Waals surface area contributed by atoms with Gasteiger partial charge in [0, 0.05) is 23.0 Å². The molecule has 0 saturated carbocycles. The molecule has 148 valence electrons. The molecular weight excluding hydrogens is 356 g/mol. The van der Waals surface area contributed by atoms with Crippen molar-refractivity contribution in [2.45, 2.75) is 70.1 Å². The average Bonchev–Trinajstić information content (AvgIpc) is 2.56. The fourth-order valence-electron chi connectivity index (χ4n) is 2.90. The number of ether oxygens (including phenoxy) is 2. The highest BCUT2D eigenvalue weighted by molar-refractivity contribution is 7.86. The molecule has 2 rings (SSSR count). The van der Waals surface area contributed by atoms with Gasteiger partial charge in [0.2, 0.25) is 0 Å². The molecule has 2 aromatic carbocycles. The van der Waals surface area contributed by atoms with Crippen molar-refractivity contribution in [1.82, 2.24) is 0 Å². The van der Waals surface area contributed by atoms with E-state index in [2.05, 4.69) is 26.8 Å². The van der Waals surface area contributed by atoms with E-state index in [0.717, 1.165) is 27.3 Å². The first-order valence-electron chi connectivity index (χ1n) is 9.27. The number of hydrogen-bond donors (Lipinski definition) is 0. The van der Waals surface area contributed by atoms with Crippen LogP contribution < -0.4 is 4.74 Å². The summed E-state index contributed by atoms with van der Waals surface area (Å²) in [5.74, 6) is 1.45. The van der Waals surface area contributed by atoms with Gasteiger partial charge in [-0.2, -0.15) is 0 Å². The quantitative estimate of drug-likeness (QED) is 0.617. The van der Waals surface area contributed by atoms with E-state index < -0.39 is 15.5 Å². The Morgan fingerprint density at radius 1 is 0.963 bits per heavy atom. The second-order valence-corrected chi connectivity index (χ2v) is 11.0. The average molecular weight is 389 g/mol. The van der Waals surface area contributed by atoms with Gasteiger partial charge >= 0.3 is 0 Å². The Bertz CT molecular complexity index is 826. The highest BCUT2D eigenvalue weighted by Gasteiger charge is 2.29. The number of methoxy groups -OCH3 is 1. The molecule has 0 fully saturated rings. The van der Waals surface area contributed by atoms with Crippen molar-refractivity contribution in [3.8, 4) is 11.5 Å². The molecule has 4 heteroatoms. The molecule has 0 radical (unpaired) electrons. The zero-order valence-electron chi connectivity index (χ0n) is 17.8. The number of aryl methyl sites for hydroxylation is 1. The van der Waals surface area contributed by atoms with Gasteiger partial charge in [0.05, 0.1) is 22.3 Å². The van der Waals surface area contributed by atoms with Crippen LogP contribution in [0.15, 0.2) is 41.3 Å². The second-order valence-electron chi connectivity index (χ2n) is 8.86. The Balaban J connectivity index is 2.69. The first-order chi connectivity index (χ1) is 12.5. The van der Waals surface area contributed by atoms with E-state index in [4.69, 9.17) is 9.47 Å². The summed E-state index contributed by atoms with van der Waals surface area (Å²) in [7, 11) is 0.440. The van der Waals surface area contributed by atoms with Crippen molar-refractivity contribution in [1.29, 1.82) is 0 Å². The summed E-state index contributed by atoms with van der Waals surface area (Å²) < 4.78 is 24.8. The SMILES string of the molecule is COCc1ccc(C)c([S@](=O)C(C)(C)C)c1Oc1ccccc1C(C)(C)C. The summed E-state index contributed by atoms with van der Waals surface area (Å²) >= 11 is 0. The van der Waals surface area contributed by atoms with Gasteiger partial charge in [0.1, 0.15) is 11.5 Å². The molecule has 0 N–H and O–H groups in total. The van der Waals surface area contributed by atoms with Crippen LogP contribution in [-0.4, -0.2) is 16.1 Å². The molecule has 27 heavy (non-hydrogen) atoms. The molecule has 1 atom stereocenters. The molecule has 0 amide bonds. The third-order valence-corrected chi connectivity index (χ3v) is 6.33. The molecule has 0 aliphatic heterocycles. The largest absolute Gasteiger partial charge is 0.455 e. The lowest BCUT2D eigenvalue weighted by molar-refractivity contribution is 0.182. The fraction of sp³-hybridized carbons (Fsp3) is 0.478. The number of hydrogen-bond acceptors (Lipinski definition) is 3. The number of benzene rings is 2. The van der Waals surface area contributed by atoms with Crippen molar-refractivity contribution in [3.05, 3.63) is 53.1 Å². The Morgan fingerprint density at radius 2 is 1.59 bits per heavy atom. The van der Waals surface area contributed by atoms with Crippen LogP contribution in [-0.2, 0) is 27.6 Å². The van der Waals surface area contributed by atoms with Crippen LogP contribution in [0.3, 0.4) is 0 Å². The molecule has 0 aliphatic rings. The minimum absolute atomic E-state index is 0.0643. The maximum Gasteiger partial charge on any atom is 0.149 e. The van der Waals surface area contributed by atoms with Crippen LogP contribution in [0, 0.1) is 6.92 Å². The smallest absolute Gasteiger partial charge is 0.149 e. The first-order valence-corrected chi connectivity index (χ1v) is 10.4. The van der Waals surface area contributed by atoms with Crippen molar-refractivity contribution in [2.24, 2.45) is 0 Å². The lowest BCUT2D eigenvalue weighted by atomic mass is 9.86. The van der Waals surface area contributed by atoms with E-state index in [9.17, 15) is 4.21 Å². The van der Waals surface area contributed by atoms with Crippen LogP contribution in [0.4, 0.5) is 0 Å². The summed E-state index contributed by atoms with van der Waals surface area (Å²) in [5.41, 5.74) is 2.92. The highest BCUT2D eigenvalue weighted by atomic mass is 32.2. The lowest BCUT2D eigenvalue weighted by Gasteiger charge is -2.26. The third kappa shape index (κ3) is 4.99. The minimum atomic E-state index is -1.22. The summed E-state index contributed by atoms with van der Waals surface area (Å²) in [5, 5.41) is 0. The Labute approximate surface area is 166 Å². The van der Waals surface area contributed by atoms with Crippen molar-refractivity contribution >= 4 is 10.8 Å². The van der Waals surface area contributed by atoms with Gasteiger partial charge in [0.25, 0.3) is 0 Å². The van der Waals surface area contributed by atoms with Crippen molar-refractivity contribution < 1.29 is 13.7 Å². The Hall–Kier alpha value is -1.65. The van der Waals surface area contributed by atoms with Gasteiger partial charge in [-0.25, -0.2) is 0 Å².